The first-order valence-electron chi connectivity index (χ1n) is 8.96. The summed E-state index contributed by atoms with van der Waals surface area (Å²) >= 11 is 0. The van der Waals surface area contributed by atoms with E-state index in [2.05, 4.69) is 0 Å². The molecule has 0 spiro atoms. The van der Waals surface area contributed by atoms with Gasteiger partial charge in [-0.15, -0.1) is 0 Å². The Hall–Kier alpha value is -2.60. The number of hydrogen-bond donors (Lipinski definition) is 0. The van der Waals surface area contributed by atoms with E-state index in [4.69, 9.17) is 4.74 Å². The van der Waals surface area contributed by atoms with Crippen LogP contribution in [0, 0.1) is 5.82 Å². The highest BCUT2D eigenvalue weighted by Gasteiger charge is 2.39. The Labute approximate surface area is 155 Å². The quantitative estimate of drug-likeness (QED) is 0.815. The van der Waals surface area contributed by atoms with E-state index in [-0.39, 0.29) is 24.8 Å². The Morgan fingerprint density at radius 1 is 1.11 bits per heavy atom. The molecule has 4 rings (SSSR count). The lowest BCUT2D eigenvalue weighted by Crippen LogP contribution is -2.49. The fourth-order valence-electron chi connectivity index (χ4n) is 3.82. The van der Waals surface area contributed by atoms with E-state index in [9.17, 15) is 18.4 Å². The molecule has 2 aromatic carbocycles. The van der Waals surface area contributed by atoms with Gasteiger partial charge < -0.3 is 9.64 Å². The normalized spacial score (nSPS) is 25.2. The molecule has 1 saturated heterocycles. The summed E-state index contributed by atoms with van der Waals surface area (Å²) in [5.41, 5.74) is 2.87. The Kier molecular flexibility index (Phi) is 4.74. The zero-order chi connectivity index (χ0) is 19.0. The molecule has 1 amide bonds. The van der Waals surface area contributed by atoms with Gasteiger partial charge in [0.05, 0.1) is 12.6 Å². The highest BCUT2D eigenvalue weighted by atomic mass is 19.1. The number of rotatable bonds is 2. The Balaban J connectivity index is 1.69. The number of hydrogen-bond acceptors (Lipinski definition) is 3. The fraction of sp³-hybridized carbons (Fsp3) is 0.333. The van der Waals surface area contributed by atoms with Crippen LogP contribution in [0.2, 0.25) is 0 Å². The van der Waals surface area contributed by atoms with Gasteiger partial charge in [-0.1, -0.05) is 36.4 Å². The number of Topliss-reactive ketones (excluding diaryl/α,β-unsaturated/α-hetero) is 1. The summed E-state index contributed by atoms with van der Waals surface area (Å²) in [6.45, 7) is 0.0614. The van der Waals surface area contributed by atoms with Crippen LogP contribution in [0.15, 0.2) is 48.5 Å². The lowest BCUT2D eigenvalue weighted by Gasteiger charge is -2.40. The van der Waals surface area contributed by atoms with Crippen LogP contribution in [-0.2, 0) is 20.7 Å². The van der Waals surface area contributed by atoms with Crippen molar-refractivity contribution in [2.45, 2.75) is 31.2 Å². The van der Waals surface area contributed by atoms with Gasteiger partial charge in [-0.3, -0.25) is 9.59 Å². The summed E-state index contributed by atoms with van der Waals surface area (Å²) in [4.78, 5) is 26.5. The number of nitrogens with zero attached hydrogens (tertiary/aromatic N) is 1. The molecule has 0 radical (unpaired) electrons. The van der Waals surface area contributed by atoms with Crippen molar-refractivity contribution in [1.29, 1.82) is 0 Å². The molecule has 0 unspecified atom stereocenters. The molecule has 0 bridgehead atoms. The lowest BCUT2D eigenvalue weighted by atomic mass is 9.87. The monoisotopic (exact) mass is 371 g/mol. The molecule has 27 heavy (non-hydrogen) atoms. The topological polar surface area (TPSA) is 46.6 Å². The second kappa shape index (κ2) is 7.19. The third kappa shape index (κ3) is 3.37. The zero-order valence-corrected chi connectivity index (χ0v) is 14.6. The minimum Gasteiger partial charge on any atom is -0.364 e. The molecule has 0 saturated carbocycles. The highest BCUT2D eigenvalue weighted by Crippen LogP contribution is 2.36. The summed E-state index contributed by atoms with van der Waals surface area (Å²) in [5.74, 6) is -1.29. The number of alkyl halides is 1. The summed E-state index contributed by atoms with van der Waals surface area (Å²) in [5, 5.41) is 0. The van der Waals surface area contributed by atoms with Gasteiger partial charge in [0, 0.05) is 13.0 Å². The van der Waals surface area contributed by atoms with E-state index in [0.29, 0.717) is 13.0 Å². The molecular formula is C21H19F2NO3. The summed E-state index contributed by atoms with van der Waals surface area (Å²) in [6.07, 6.45) is -2.22. The minimum atomic E-state index is -1.66. The van der Waals surface area contributed by atoms with Crippen LogP contribution in [0.4, 0.5) is 8.78 Å². The van der Waals surface area contributed by atoms with Crippen LogP contribution in [0.25, 0.3) is 0 Å². The average Bonchev–Trinajstić information content (AvgIpc) is 2.69. The molecular weight excluding hydrogens is 352 g/mol. The van der Waals surface area contributed by atoms with Gasteiger partial charge in [-0.2, -0.15) is 0 Å². The maximum atomic E-state index is 13.4. The number of halogens is 2. The number of amides is 1. The van der Waals surface area contributed by atoms with E-state index in [0.717, 1.165) is 16.7 Å². The van der Waals surface area contributed by atoms with Gasteiger partial charge in [0.15, 0.2) is 12.0 Å². The third-order valence-electron chi connectivity index (χ3n) is 5.21. The summed E-state index contributed by atoms with van der Waals surface area (Å²) < 4.78 is 32.1. The van der Waals surface area contributed by atoms with Crippen LogP contribution < -0.4 is 0 Å². The van der Waals surface area contributed by atoms with Crippen molar-refractivity contribution < 1.29 is 23.1 Å². The Bertz CT molecular complexity index is 868. The van der Waals surface area contributed by atoms with Gasteiger partial charge in [-0.05, 0) is 35.2 Å². The van der Waals surface area contributed by atoms with Crippen molar-refractivity contribution in [3.05, 3.63) is 71.0 Å². The summed E-state index contributed by atoms with van der Waals surface area (Å²) in [6, 6.07) is 13.5. The van der Waals surface area contributed by atoms with Crippen molar-refractivity contribution in [3.8, 4) is 0 Å². The van der Waals surface area contributed by atoms with E-state index in [1.54, 1.807) is 17.0 Å². The van der Waals surface area contributed by atoms with Gasteiger partial charge in [-0.25, -0.2) is 8.78 Å². The molecule has 6 heteroatoms. The average molecular weight is 371 g/mol. The number of ether oxygens (including phenoxy) is 1. The predicted molar refractivity (Wildman–Crippen MR) is 94.4 cm³/mol. The number of carbonyl (C=O) groups excluding carboxylic acids is 2. The van der Waals surface area contributed by atoms with Gasteiger partial charge in [0.1, 0.15) is 11.9 Å². The first kappa shape index (κ1) is 17.8. The largest absolute Gasteiger partial charge is 0.364 e. The molecule has 2 aliphatic heterocycles. The molecule has 140 valence electrons. The zero-order valence-electron chi connectivity index (χ0n) is 14.6. The molecule has 3 atom stereocenters. The fourth-order valence-corrected chi connectivity index (χ4v) is 3.82. The van der Waals surface area contributed by atoms with E-state index < -0.39 is 24.1 Å². The molecule has 0 N–H and O–H groups in total. The highest BCUT2D eigenvalue weighted by molar-refractivity contribution is 5.92. The smallest absolute Gasteiger partial charge is 0.252 e. The van der Waals surface area contributed by atoms with Crippen molar-refractivity contribution in [3.63, 3.8) is 0 Å². The molecule has 2 aliphatic rings. The first-order chi connectivity index (χ1) is 13.0. The predicted octanol–water partition coefficient (Wildman–Crippen LogP) is 3.00. The molecule has 4 nitrogen and oxygen atoms in total. The lowest BCUT2D eigenvalue weighted by molar-refractivity contribution is -0.157. The van der Waals surface area contributed by atoms with Gasteiger partial charge in [0.2, 0.25) is 0 Å². The van der Waals surface area contributed by atoms with Crippen LogP contribution in [0.1, 0.15) is 29.2 Å². The first-order valence-corrected chi connectivity index (χ1v) is 8.96. The van der Waals surface area contributed by atoms with Crippen LogP contribution in [0.5, 0.6) is 0 Å². The summed E-state index contributed by atoms with van der Waals surface area (Å²) in [7, 11) is 0. The third-order valence-corrected chi connectivity index (χ3v) is 5.21. The Morgan fingerprint density at radius 2 is 1.85 bits per heavy atom. The Morgan fingerprint density at radius 3 is 2.59 bits per heavy atom. The molecule has 2 aromatic rings. The van der Waals surface area contributed by atoms with E-state index >= 15 is 0 Å². The van der Waals surface area contributed by atoms with Crippen molar-refractivity contribution in [2.75, 3.05) is 13.2 Å². The number of fused-ring (bicyclic) bond motifs is 1. The van der Waals surface area contributed by atoms with Crippen LogP contribution in [-0.4, -0.2) is 42.0 Å². The minimum absolute atomic E-state index is 0.256. The molecule has 0 aromatic heterocycles. The molecule has 0 aliphatic carbocycles. The maximum Gasteiger partial charge on any atom is 0.252 e. The van der Waals surface area contributed by atoms with Crippen LogP contribution >= 0.6 is 0 Å². The molecule has 1 fully saturated rings. The number of carbonyl (C=O) groups is 2. The van der Waals surface area contributed by atoms with Crippen molar-refractivity contribution >= 4 is 11.7 Å². The second-order valence-electron chi connectivity index (χ2n) is 6.89. The van der Waals surface area contributed by atoms with Crippen LogP contribution in [0.3, 0.4) is 0 Å². The second-order valence-corrected chi connectivity index (χ2v) is 6.89. The molecule has 2 heterocycles. The number of benzene rings is 2. The van der Waals surface area contributed by atoms with E-state index in [1.807, 2.05) is 24.3 Å². The van der Waals surface area contributed by atoms with Crippen molar-refractivity contribution in [1.82, 2.24) is 4.90 Å². The van der Waals surface area contributed by atoms with E-state index in [1.165, 1.54) is 12.1 Å². The number of ketones is 1. The van der Waals surface area contributed by atoms with Crippen molar-refractivity contribution in [2.24, 2.45) is 0 Å². The standard InChI is InChI=1S/C21H19F2NO3/c22-15-7-5-14(6-8-15)20-16-4-2-1-3-13(16)9-10-24(20)21(26)19-11-18(25)17(23)12-27-19/h1-8,17,19-20H,9-12H2/t17-,19+,20-/m0/s1. The van der Waals surface area contributed by atoms with Gasteiger partial charge in [0.25, 0.3) is 5.91 Å². The SMILES string of the molecule is O=C1C[C@H](C(=O)N2CCc3ccccc3[C@@H]2c2ccc(F)cc2)OC[C@@H]1F. The maximum absolute atomic E-state index is 13.4. The van der Waals surface area contributed by atoms with Gasteiger partial charge >= 0.3 is 0 Å².